The molecule has 0 bridgehead atoms. The molecule has 0 aliphatic rings. The minimum Gasteiger partial charge on any atom is -0.345 e. The first kappa shape index (κ1) is 14.4. The molecule has 0 saturated heterocycles. The Kier molecular flexibility index (Phi) is 3.73. The molecule has 3 aromatic rings. The summed E-state index contributed by atoms with van der Waals surface area (Å²) in [6, 6.07) is 8.91. The predicted molar refractivity (Wildman–Crippen MR) is 89.7 cm³/mol. The van der Waals surface area contributed by atoms with Crippen molar-refractivity contribution in [3.05, 3.63) is 52.8 Å². The molecule has 0 saturated carbocycles. The van der Waals surface area contributed by atoms with Crippen LogP contribution in [0.2, 0.25) is 5.02 Å². The number of amides is 2. The number of benzene rings is 2. The molecule has 3 rings (SSSR count). The zero-order chi connectivity index (χ0) is 15.7. The second-order valence-corrected chi connectivity index (χ2v) is 5.56. The van der Waals surface area contributed by atoms with Crippen molar-refractivity contribution < 1.29 is 4.79 Å². The van der Waals surface area contributed by atoms with E-state index in [1.54, 1.807) is 12.4 Å². The second-order valence-electron chi connectivity index (χ2n) is 5.15. The van der Waals surface area contributed by atoms with Crippen LogP contribution >= 0.6 is 11.6 Å². The van der Waals surface area contributed by atoms with E-state index in [9.17, 15) is 4.79 Å². The summed E-state index contributed by atoms with van der Waals surface area (Å²) in [4.78, 5) is 19.3. The lowest BCUT2D eigenvalue weighted by atomic mass is 10.1. The maximum Gasteiger partial charge on any atom is 0.323 e. The highest BCUT2D eigenvalue weighted by Gasteiger charge is 2.10. The molecule has 6 heteroatoms. The Hall–Kier alpha value is -2.53. The van der Waals surface area contributed by atoms with Crippen molar-refractivity contribution in [1.29, 1.82) is 0 Å². The van der Waals surface area contributed by atoms with Crippen LogP contribution in [0.25, 0.3) is 11.0 Å². The van der Waals surface area contributed by atoms with Gasteiger partial charge in [-0.3, -0.25) is 0 Å². The minimum atomic E-state index is -0.340. The van der Waals surface area contributed by atoms with Crippen molar-refractivity contribution in [2.75, 3.05) is 10.6 Å². The fourth-order valence-electron chi connectivity index (χ4n) is 2.36. The highest BCUT2D eigenvalue weighted by Crippen LogP contribution is 2.27. The fourth-order valence-corrected chi connectivity index (χ4v) is 2.73. The number of hydrogen-bond acceptors (Lipinski definition) is 2. The average Bonchev–Trinajstić information content (AvgIpc) is 2.90. The van der Waals surface area contributed by atoms with Crippen LogP contribution in [0.15, 0.2) is 36.7 Å². The average molecular weight is 315 g/mol. The summed E-state index contributed by atoms with van der Waals surface area (Å²) in [6.45, 7) is 3.87. The van der Waals surface area contributed by atoms with Gasteiger partial charge in [-0.05, 0) is 49.2 Å². The van der Waals surface area contributed by atoms with E-state index in [0.29, 0.717) is 16.4 Å². The number of H-pyrrole nitrogens is 1. The normalized spacial score (nSPS) is 10.7. The van der Waals surface area contributed by atoms with Crippen LogP contribution in [-0.4, -0.2) is 16.0 Å². The maximum absolute atomic E-state index is 12.1. The first-order valence-corrected chi connectivity index (χ1v) is 7.18. The monoisotopic (exact) mass is 314 g/mol. The van der Waals surface area contributed by atoms with Gasteiger partial charge in [0.2, 0.25) is 0 Å². The summed E-state index contributed by atoms with van der Waals surface area (Å²) < 4.78 is 0. The number of imidazole rings is 1. The van der Waals surface area contributed by atoms with Gasteiger partial charge in [0.15, 0.2) is 0 Å². The minimum absolute atomic E-state index is 0.340. The van der Waals surface area contributed by atoms with E-state index in [0.717, 1.165) is 22.2 Å². The van der Waals surface area contributed by atoms with Crippen LogP contribution in [0.1, 0.15) is 11.1 Å². The van der Waals surface area contributed by atoms with E-state index in [4.69, 9.17) is 11.6 Å². The van der Waals surface area contributed by atoms with Crippen molar-refractivity contribution in [1.82, 2.24) is 9.97 Å². The molecule has 22 heavy (non-hydrogen) atoms. The van der Waals surface area contributed by atoms with Gasteiger partial charge in [-0.1, -0.05) is 17.7 Å². The van der Waals surface area contributed by atoms with E-state index in [1.165, 1.54) is 0 Å². The summed E-state index contributed by atoms with van der Waals surface area (Å²) in [6.07, 6.45) is 1.62. The Morgan fingerprint density at radius 3 is 2.77 bits per heavy atom. The number of halogens is 1. The summed E-state index contributed by atoms with van der Waals surface area (Å²) in [7, 11) is 0. The molecular weight excluding hydrogens is 300 g/mol. The van der Waals surface area contributed by atoms with Crippen molar-refractivity contribution in [2.45, 2.75) is 13.8 Å². The van der Waals surface area contributed by atoms with Crippen molar-refractivity contribution in [3.63, 3.8) is 0 Å². The Bertz CT molecular complexity index is 833. The van der Waals surface area contributed by atoms with Crippen LogP contribution in [-0.2, 0) is 0 Å². The summed E-state index contributed by atoms with van der Waals surface area (Å²) >= 11 is 6.19. The van der Waals surface area contributed by atoms with Crippen LogP contribution in [0.5, 0.6) is 0 Å². The third-order valence-electron chi connectivity index (χ3n) is 3.35. The topological polar surface area (TPSA) is 69.8 Å². The lowest BCUT2D eigenvalue weighted by Gasteiger charge is -2.12. The van der Waals surface area contributed by atoms with Gasteiger partial charge < -0.3 is 15.6 Å². The molecular formula is C16H15ClN4O. The van der Waals surface area contributed by atoms with Gasteiger partial charge in [0, 0.05) is 5.69 Å². The standard InChI is InChI=1S/C16H15ClN4O/c1-9-5-10(2)15(12(17)6-9)21-16(22)20-11-3-4-13-14(7-11)19-8-18-13/h3-8H,1-2H3,(H,18,19)(H2,20,21,22). The number of nitrogens with one attached hydrogen (secondary N) is 3. The molecule has 0 atom stereocenters. The summed E-state index contributed by atoms with van der Waals surface area (Å²) in [5, 5.41) is 6.10. The van der Waals surface area contributed by atoms with Gasteiger partial charge >= 0.3 is 6.03 Å². The summed E-state index contributed by atoms with van der Waals surface area (Å²) in [5.41, 5.74) is 4.98. The quantitative estimate of drug-likeness (QED) is 0.653. The number of aromatic nitrogens is 2. The molecule has 0 spiro atoms. The second kappa shape index (κ2) is 5.69. The lowest BCUT2D eigenvalue weighted by molar-refractivity contribution is 0.262. The number of rotatable bonds is 2. The molecule has 3 N–H and O–H groups in total. The van der Waals surface area contributed by atoms with Crippen LogP contribution in [0.4, 0.5) is 16.2 Å². The first-order valence-electron chi connectivity index (χ1n) is 6.81. The van der Waals surface area contributed by atoms with Gasteiger partial charge in [-0.15, -0.1) is 0 Å². The predicted octanol–water partition coefficient (Wildman–Crippen LogP) is 4.48. The zero-order valence-corrected chi connectivity index (χ0v) is 13.0. The number of carbonyl (C=O) groups is 1. The van der Waals surface area contributed by atoms with Crippen molar-refractivity contribution in [2.24, 2.45) is 0 Å². The van der Waals surface area contributed by atoms with Gasteiger partial charge in [0.05, 0.1) is 28.1 Å². The molecule has 0 unspecified atom stereocenters. The first-order chi connectivity index (χ1) is 10.5. The van der Waals surface area contributed by atoms with E-state index < -0.39 is 0 Å². The molecule has 0 fully saturated rings. The van der Waals surface area contributed by atoms with Crippen molar-refractivity contribution >= 4 is 40.0 Å². The van der Waals surface area contributed by atoms with E-state index in [2.05, 4.69) is 20.6 Å². The highest BCUT2D eigenvalue weighted by atomic mass is 35.5. The molecule has 1 aromatic heterocycles. The number of carbonyl (C=O) groups excluding carboxylic acids is 1. The largest absolute Gasteiger partial charge is 0.345 e. The molecule has 0 aliphatic carbocycles. The molecule has 0 aliphatic heterocycles. The molecule has 0 radical (unpaired) electrons. The molecule has 2 aromatic carbocycles. The summed E-state index contributed by atoms with van der Waals surface area (Å²) in [5.74, 6) is 0. The number of aromatic amines is 1. The number of fused-ring (bicyclic) bond motifs is 1. The van der Waals surface area contributed by atoms with Crippen LogP contribution in [0, 0.1) is 13.8 Å². The van der Waals surface area contributed by atoms with Crippen LogP contribution < -0.4 is 10.6 Å². The third-order valence-corrected chi connectivity index (χ3v) is 3.65. The van der Waals surface area contributed by atoms with E-state index >= 15 is 0 Å². The third kappa shape index (κ3) is 2.89. The van der Waals surface area contributed by atoms with Crippen LogP contribution in [0.3, 0.4) is 0 Å². The molecule has 1 heterocycles. The van der Waals surface area contributed by atoms with E-state index in [-0.39, 0.29) is 6.03 Å². The Labute approximate surface area is 132 Å². The lowest BCUT2D eigenvalue weighted by Crippen LogP contribution is -2.20. The Morgan fingerprint density at radius 1 is 1.18 bits per heavy atom. The van der Waals surface area contributed by atoms with Gasteiger partial charge in [-0.25, -0.2) is 9.78 Å². The Balaban J connectivity index is 1.77. The fraction of sp³-hybridized carbons (Fsp3) is 0.125. The number of aryl methyl sites for hydroxylation is 2. The number of anilines is 2. The zero-order valence-electron chi connectivity index (χ0n) is 12.2. The maximum atomic E-state index is 12.1. The molecule has 5 nitrogen and oxygen atoms in total. The SMILES string of the molecule is Cc1cc(C)c(NC(=O)Nc2ccc3nc[nH]c3c2)c(Cl)c1. The van der Waals surface area contributed by atoms with Gasteiger partial charge in [0.25, 0.3) is 0 Å². The number of hydrogen-bond donors (Lipinski definition) is 3. The van der Waals surface area contributed by atoms with Crippen molar-refractivity contribution in [3.8, 4) is 0 Å². The van der Waals surface area contributed by atoms with E-state index in [1.807, 2.05) is 38.1 Å². The van der Waals surface area contributed by atoms with Gasteiger partial charge in [-0.2, -0.15) is 0 Å². The van der Waals surface area contributed by atoms with Gasteiger partial charge in [0.1, 0.15) is 0 Å². The Morgan fingerprint density at radius 2 is 2.00 bits per heavy atom. The smallest absolute Gasteiger partial charge is 0.323 e. The molecule has 112 valence electrons. The number of urea groups is 1. The highest BCUT2D eigenvalue weighted by molar-refractivity contribution is 6.34. The molecule has 2 amide bonds. The number of nitrogens with zero attached hydrogens (tertiary/aromatic N) is 1.